The van der Waals surface area contributed by atoms with Crippen LogP contribution in [0, 0.1) is 0 Å². The van der Waals surface area contributed by atoms with Crippen LogP contribution in [0.2, 0.25) is 19.6 Å². The number of hydrogen-bond acceptors (Lipinski definition) is 1. The van der Waals surface area contributed by atoms with Crippen molar-refractivity contribution in [3.63, 3.8) is 0 Å². The molecule has 2 aliphatic carbocycles. The molecule has 0 bridgehead atoms. The van der Waals surface area contributed by atoms with Crippen molar-refractivity contribution in [2.24, 2.45) is 0 Å². The van der Waals surface area contributed by atoms with E-state index in [9.17, 15) is 0 Å². The molecule has 0 saturated carbocycles. The van der Waals surface area contributed by atoms with E-state index in [0.29, 0.717) is 0 Å². The molecule has 1 aromatic carbocycles. The summed E-state index contributed by atoms with van der Waals surface area (Å²) in [4.78, 5) is 0. The third-order valence-electron chi connectivity index (χ3n) is 4.92. The van der Waals surface area contributed by atoms with E-state index in [-0.39, 0.29) is 24.8 Å². The van der Waals surface area contributed by atoms with Crippen LogP contribution in [0.5, 0.6) is 0 Å². The smallest absolute Gasteiger partial charge is 1.00 e. The van der Waals surface area contributed by atoms with E-state index in [4.69, 9.17) is 4.43 Å². The molecule has 3 rings (SSSR count). The first-order chi connectivity index (χ1) is 12.3. The maximum absolute atomic E-state index is 6.06. The predicted molar refractivity (Wildman–Crippen MR) is 111 cm³/mol. The molecule has 2 aliphatic rings. The van der Waals surface area contributed by atoms with Crippen LogP contribution in [0.1, 0.15) is 44.2 Å². The predicted octanol–water partition coefficient (Wildman–Crippen LogP) is 0.648. The van der Waals surface area contributed by atoms with Gasteiger partial charge in [0, 0.05) is 0 Å². The molecule has 0 N–H and O–H groups in total. The van der Waals surface area contributed by atoms with Gasteiger partial charge in [0.15, 0.2) is 0 Å². The van der Waals surface area contributed by atoms with Gasteiger partial charge in [-0.25, -0.2) is 0 Å². The maximum atomic E-state index is 6.06. The normalized spacial score (nSPS) is 15.6. The topological polar surface area (TPSA) is 9.23 Å². The molecule has 0 heterocycles. The third kappa shape index (κ3) is 5.70. The molecular formula is C23H29Cl2OSiZr. The Balaban J connectivity index is 0.00000196. The van der Waals surface area contributed by atoms with E-state index in [1.165, 1.54) is 61.4 Å². The third-order valence-corrected chi connectivity index (χ3v) is 7.27. The van der Waals surface area contributed by atoms with Crippen LogP contribution in [0.15, 0.2) is 58.7 Å². The van der Waals surface area contributed by atoms with E-state index >= 15 is 0 Å². The summed E-state index contributed by atoms with van der Waals surface area (Å²) in [6.07, 6.45) is 8.00. The molecule has 28 heavy (non-hydrogen) atoms. The minimum absolute atomic E-state index is 0. The van der Waals surface area contributed by atoms with Crippen molar-refractivity contribution in [3.05, 3.63) is 69.8 Å². The molecule has 1 aromatic rings. The van der Waals surface area contributed by atoms with E-state index in [1.807, 2.05) is 0 Å². The van der Waals surface area contributed by atoms with Crippen LogP contribution >= 0.6 is 0 Å². The van der Waals surface area contributed by atoms with Crippen molar-refractivity contribution >= 4 is 17.2 Å². The zero-order valence-corrected chi connectivity index (χ0v) is 22.4. The molecule has 1 nitrogen and oxygen atoms in total. The minimum Gasteiger partial charge on any atom is -1.00 e. The van der Waals surface area contributed by atoms with Crippen LogP contribution in [-0.4, -0.2) is 14.9 Å². The number of allylic oxidation sites excluding steroid dienone is 7. The van der Waals surface area contributed by atoms with Gasteiger partial charge in [0.1, 0.15) is 0 Å². The molecule has 0 fully saturated rings. The molecule has 149 valence electrons. The monoisotopic (exact) mass is 509 g/mol. The second kappa shape index (κ2) is 10.7. The van der Waals surface area contributed by atoms with Crippen LogP contribution in [-0.2, 0) is 29.1 Å². The average molecular weight is 512 g/mol. The fourth-order valence-corrected chi connectivity index (χ4v) is 5.79. The molecule has 0 aliphatic heterocycles. The van der Waals surface area contributed by atoms with Gasteiger partial charge >= 0.3 is 176 Å². The van der Waals surface area contributed by atoms with Crippen molar-refractivity contribution < 1.29 is 54.0 Å². The molecule has 0 unspecified atom stereocenters. The first-order valence-electron chi connectivity index (χ1n) is 9.56. The van der Waals surface area contributed by atoms with E-state index in [2.05, 4.69) is 69.9 Å². The Morgan fingerprint density at radius 3 is 2.32 bits per heavy atom. The van der Waals surface area contributed by atoms with Crippen molar-refractivity contribution in [1.29, 1.82) is 0 Å². The maximum Gasteiger partial charge on any atom is -1.00 e. The molecule has 0 saturated heterocycles. The second-order valence-electron chi connectivity index (χ2n) is 8.35. The molecule has 5 heteroatoms. The standard InChI is InChI=1S/C23H29OSi.2ClH.Zr/c1-17(2)23-21-13-7-6-10-19(21)16-22(23)20-14-8-11-18(20)12-9-15-24-25(3,4)5;;;/h6-8,10-11,13H,9,12,14-15H2,1-5H3;2*1H;/q;;;+2/p-2. The molecule has 0 aromatic heterocycles. The SMILES string of the molecule is CC(C)=C1C(C2=C(CCCO[Si](C)(C)C)C=CC2)=[C]([Zr+2])c2ccccc21.[Cl-].[Cl-]. The number of hydrogen-bond donors (Lipinski definition) is 0. The van der Waals surface area contributed by atoms with Gasteiger partial charge in [-0.3, -0.25) is 0 Å². The summed E-state index contributed by atoms with van der Waals surface area (Å²) in [5.74, 6) is 0. The summed E-state index contributed by atoms with van der Waals surface area (Å²) in [7, 11) is -1.40. The molecular weight excluding hydrogens is 482 g/mol. The first-order valence-corrected chi connectivity index (χ1v) is 14.2. The van der Waals surface area contributed by atoms with Gasteiger partial charge in [-0.2, -0.15) is 0 Å². The Morgan fingerprint density at radius 2 is 1.71 bits per heavy atom. The summed E-state index contributed by atoms with van der Waals surface area (Å²) < 4.78 is 7.58. The molecule has 0 atom stereocenters. The van der Waals surface area contributed by atoms with E-state index in [0.717, 1.165) is 25.9 Å². The zero-order chi connectivity index (χ0) is 18.9. The molecule has 0 spiro atoms. The fourth-order valence-electron chi connectivity index (χ4n) is 3.82. The number of rotatable bonds is 6. The molecule has 0 radical (unpaired) electrons. The summed E-state index contributed by atoms with van der Waals surface area (Å²) in [6, 6.07) is 8.92. The molecule has 0 amide bonds. The van der Waals surface area contributed by atoms with Crippen LogP contribution in [0.25, 0.3) is 8.85 Å². The summed E-state index contributed by atoms with van der Waals surface area (Å²) in [5, 5.41) is 0. The van der Waals surface area contributed by atoms with Gasteiger partial charge in [-0.1, -0.05) is 0 Å². The Labute approximate surface area is 199 Å². The number of fused-ring (bicyclic) bond motifs is 1. The summed E-state index contributed by atoms with van der Waals surface area (Å²) >= 11 is 1.51. The summed E-state index contributed by atoms with van der Waals surface area (Å²) in [6.45, 7) is 12.2. The Bertz CT molecular complexity index is 840. The average Bonchev–Trinajstić information content (AvgIpc) is 3.13. The zero-order valence-electron chi connectivity index (χ0n) is 17.5. The van der Waals surface area contributed by atoms with Crippen LogP contribution < -0.4 is 24.8 Å². The Kier molecular flexibility index (Phi) is 9.91. The quantitative estimate of drug-likeness (QED) is 0.403. The van der Waals surface area contributed by atoms with Crippen LogP contribution in [0.4, 0.5) is 0 Å². The van der Waals surface area contributed by atoms with Gasteiger partial charge in [0.2, 0.25) is 0 Å². The minimum atomic E-state index is -1.40. The van der Waals surface area contributed by atoms with Gasteiger partial charge in [-0.15, -0.1) is 0 Å². The second-order valence-corrected chi connectivity index (χ2v) is 14.1. The fraction of sp³-hybridized carbons (Fsp3) is 0.391. The van der Waals surface area contributed by atoms with Gasteiger partial charge in [0.25, 0.3) is 0 Å². The number of benzene rings is 1. The largest absolute Gasteiger partial charge is 1.00 e. The van der Waals surface area contributed by atoms with Crippen molar-refractivity contribution in [1.82, 2.24) is 0 Å². The summed E-state index contributed by atoms with van der Waals surface area (Å²) in [5.41, 5.74) is 10.4. The van der Waals surface area contributed by atoms with Gasteiger partial charge in [0.05, 0.1) is 0 Å². The van der Waals surface area contributed by atoms with Crippen molar-refractivity contribution in [2.45, 2.75) is 52.8 Å². The van der Waals surface area contributed by atoms with E-state index < -0.39 is 8.32 Å². The van der Waals surface area contributed by atoms with Gasteiger partial charge < -0.3 is 24.8 Å². The van der Waals surface area contributed by atoms with Crippen LogP contribution in [0.3, 0.4) is 0 Å². The van der Waals surface area contributed by atoms with Crippen molar-refractivity contribution in [3.8, 4) is 0 Å². The van der Waals surface area contributed by atoms with Crippen molar-refractivity contribution in [2.75, 3.05) is 6.61 Å². The van der Waals surface area contributed by atoms with E-state index in [1.54, 1.807) is 5.57 Å². The Hall–Kier alpha value is -0.180. The van der Waals surface area contributed by atoms with Gasteiger partial charge in [-0.05, 0) is 0 Å². The Morgan fingerprint density at radius 1 is 1.07 bits per heavy atom. The number of halogens is 2. The first kappa shape index (κ1) is 25.9.